The van der Waals surface area contributed by atoms with Crippen LogP contribution in [0.2, 0.25) is 0 Å². The van der Waals surface area contributed by atoms with Crippen LogP contribution in [-0.2, 0) is 9.53 Å². The van der Waals surface area contributed by atoms with E-state index in [-0.39, 0.29) is 5.97 Å². The van der Waals surface area contributed by atoms with Gasteiger partial charge in [-0.05, 0) is 44.7 Å². The molecule has 0 aliphatic carbocycles. The van der Waals surface area contributed by atoms with E-state index in [1.165, 1.54) is 0 Å². The molecule has 0 amide bonds. The molecule has 0 atom stereocenters. The maximum absolute atomic E-state index is 11.5. The number of hydrogen-bond acceptors (Lipinski definition) is 3. The normalized spacial score (nSPS) is 11.5. The Morgan fingerprint density at radius 3 is 1.88 bits per heavy atom. The summed E-state index contributed by atoms with van der Waals surface area (Å²) in [4.78, 5) is 13.7. The van der Waals surface area contributed by atoms with Crippen molar-refractivity contribution >= 4 is 5.97 Å². The average Bonchev–Trinajstić information content (AvgIpc) is 2.22. The highest BCUT2D eigenvalue weighted by molar-refractivity contribution is 5.71. The number of carbonyl (C=O) groups is 1. The first kappa shape index (κ1) is 16.4. The Bertz CT molecular complexity index is 190. The van der Waals surface area contributed by atoms with Gasteiger partial charge in [-0.1, -0.05) is 27.7 Å². The zero-order chi connectivity index (χ0) is 13.3. The molecule has 0 saturated carbocycles. The van der Waals surface area contributed by atoms with Crippen molar-refractivity contribution < 1.29 is 9.53 Å². The van der Waals surface area contributed by atoms with Crippen molar-refractivity contribution in [2.75, 3.05) is 26.2 Å². The lowest BCUT2D eigenvalue weighted by Crippen LogP contribution is -2.33. The van der Waals surface area contributed by atoms with Crippen molar-refractivity contribution in [3.05, 3.63) is 0 Å². The molecule has 0 aliphatic rings. The quantitative estimate of drug-likeness (QED) is 0.583. The number of hydrogen-bond donors (Lipinski definition) is 0. The third kappa shape index (κ3) is 10.3. The summed E-state index contributed by atoms with van der Waals surface area (Å²) in [6, 6.07) is 0. The molecule has 0 radical (unpaired) electrons. The van der Waals surface area contributed by atoms with Gasteiger partial charge in [0.15, 0.2) is 0 Å². The first-order valence-electron chi connectivity index (χ1n) is 6.83. The van der Waals surface area contributed by atoms with E-state index < -0.39 is 0 Å². The van der Waals surface area contributed by atoms with Crippen molar-refractivity contribution in [1.82, 2.24) is 4.90 Å². The van der Waals surface area contributed by atoms with Crippen molar-refractivity contribution in [2.24, 2.45) is 11.8 Å². The first-order chi connectivity index (χ1) is 7.95. The summed E-state index contributed by atoms with van der Waals surface area (Å²) < 4.78 is 5.01. The minimum Gasteiger partial charge on any atom is -0.465 e. The minimum atomic E-state index is -0.0972. The van der Waals surface area contributed by atoms with Crippen molar-refractivity contribution in [3.8, 4) is 0 Å². The van der Waals surface area contributed by atoms with Gasteiger partial charge < -0.3 is 4.74 Å². The molecule has 3 nitrogen and oxygen atoms in total. The lowest BCUT2D eigenvalue weighted by Gasteiger charge is -2.23. The van der Waals surface area contributed by atoms with E-state index in [4.69, 9.17) is 4.74 Å². The van der Waals surface area contributed by atoms with Crippen LogP contribution < -0.4 is 0 Å². The van der Waals surface area contributed by atoms with Gasteiger partial charge in [-0.2, -0.15) is 0 Å². The molecular weight excluding hydrogens is 214 g/mol. The number of nitrogens with zero attached hydrogens (tertiary/aromatic N) is 1. The number of carbonyl (C=O) groups excluding carboxylic acids is 1. The summed E-state index contributed by atoms with van der Waals surface area (Å²) in [6.07, 6.45) is 2.27. The maximum Gasteiger partial charge on any atom is 0.320 e. The third-order valence-electron chi connectivity index (χ3n) is 2.70. The largest absolute Gasteiger partial charge is 0.465 e. The van der Waals surface area contributed by atoms with Crippen LogP contribution in [0, 0.1) is 11.8 Å². The second-order valence-electron chi connectivity index (χ2n) is 5.45. The molecule has 0 unspecified atom stereocenters. The molecule has 0 aromatic rings. The summed E-state index contributed by atoms with van der Waals surface area (Å²) in [5.41, 5.74) is 0. The summed E-state index contributed by atoms with van der Waals surface area (Å²) in [5.74, 6) is 1.26. The summed E-state index contributed by atoms with van der Waals surface area (Å²) >= 11 is 0. The lowest BCUT2D eigenvalue weighted by molar-refractivity contribution is -0.144. The van der Waals surface area contributed by atoms with Crippen LogP contribution in [0.25, 0.3) is 0 Å². The van der Waals surface area contributed by atoms with E-state index in [2.05, 4.69) is 32.6 Å². The maximum atomic E-state index is 11.5. The van der Waals surface area contributed by atoms with Gasteiger partial charge in [-0.3, -0.25) is 9.69 Å². The van der Waals surface area contributed by atoms with Crippen molar-refractivity contribution in [2.45, 2.75) is 47.5 Å². The zero-order valence-corrected chi connectivity index (χ0v) is 12.2. The number of esters is 1. The first-order valence-corrected chi connectivity index (χ1v) is 6.83. The van der Waals surface area contributed by atoms with Crippen LogP contribution in [0.3, 0.4) is 0 Å². The Hall–Kier alpha value is -0.570. The Labute approximate surface area is 107 Å². The number of ether oxygens (including phenoxy) is 1. The summed E-state index contributed by atoms with van der Waals surface area (Å²) in [7, 11) is 0. The second-order valence-corrected chi connectivity index (χ2v) is 5.45. The van der Waals surface area contributed by atoms with Gasteiger partial charge in [0.1, 0.15) is 0 Å². The summed E-state index contributed by atoms with van der Waals surface area (Å²) in [6.45, 7) is 13.6. The number of rotatable bonds is 9. The topological polar surface area (TPSA) is 29.5 Å². The van der Waals surface area contributed by atoms with Crippen molar-refractivity contribution in [1.29, 1.82) is 0 Å². The fraction of sp³-hybridized carbons (Fsp3) is 0.929. The predicted molar refractivity (Wildman–Crippen MR) is 72.0 cm³/mol. The average molecular weight is 243 g/mol. The predicted octanol–water partition coefficient (Wildman–Crippen LogP) is 2.94. The highest BCUT2D eigenvalue weighted by Crippen LogP contribution is 2.06. The van der Waals surface area contributed by atoms with E-state index in [1.54, 1.807) is 0 Å². The van der Waals surface area contributed by atoms with Crippen molar-refractivity contribution in [3.63, 3.8) is 0 Å². The molecule has 0 rings (SSSR count). The zero-order valence-electron chi connectivity index (χ0n) is 12.2. The molecule has 0 N–H and O–H groups in total. The van der Waals surface area contributed by atoms with E-state index in [9.17, 15) is 4.79 Å². The van der Waals surface area contributed by atoms with Gasteiger partial charge in [0, 0.05) is 0 Å². The molecule has 0 heterocycles. The van der Waals surface area contributed by atoms with E-state index in [1.807, 2.05) is 6.92 Å². The Morgan fingerprint density at radius 1 is 1.06 bits per heavy atom. The molecule has 0 bridgehead atoms. The second kappa shape index (κ2) is 9.46. The molecule has 0 fully saturated rings. The Kier molecular flexibility index (Phi) is 9.14. The standard InChI is InChI=1S/C14H29NO2/c1-6-17-14(16)11-15(9-7-12(2)3)10-8-13(4)5/h12-13H,6-11H2,1-5H3. The summed E-state index contributed by atoms with van der Waals surface area (Å²) in [5, 5.41) is 0. The molecule has 3 heteroatoms. The van der Waals surface area contributed by atoms with Gasteiger partial charge in [0.05, 0.1) is 13.2 Å². The van der Waals surface area contributed by atoms with E-state index in [0.29, 0.717) is 25.0 Å². The van der Waals surface area contributed by atoms with Gasteiger partial charge in [0.2, 0.25) is 0 Å². The van der Waals surface area contributed by atoms with Crippen LogP contribution in [0.5, 0.6) is 0 Å². The highest BCUT2D eigenvalue weighted by Gasteiger charge is 2.12. The molecule has 102 valence electrons. The monoisotopic (exact) mass is 243 g/mol. The van der Waals surface area contributed by atoms with Gasteiger partial charge >= 0.3 is 5.97 Å². The van der Waals surface area contributed by atoms with Crippen LogP contribution in [0.4, 0.5) is 0 Å². The fourth-order valence-corrected chi connectivity index (χ4v) is 1.54. The minimum absolute atomic E-state index is 0.0972. The molecule has 0 aromatic carbocycles. The smallest absolute Gasteiger partial charge is 0.320 e. The van der Waals surface area contributed by atoms with Crippen LogP contribution >= 0.6 is 0 Å². The fourth-order valence-electron chi connectivity index (χ4n) is 1.54. The van der Waals surface area contributed by atoms with Gasteiger partial charge in [-0.15, -0.1) is 0 Å². The highest BCUT2D eigenvalue weighted by atomic mass is 16.5. The molecule has 0 spiro atoms. The molecule has 0 saturated heterocycles. The van der Waals surface area contributed by atoms with Crippen LogP contribution in [0.1, 0.15) is 47.5 Å². The lowest BCUT2D eigenvalue weighted by atomic mass is 10.1. The molecule has 17 heavy (non-hydrogen) atoms. The van der Waals surface area contributed by atoms with Gasteiger partial charge in [0.25, 0.3) is 0 Å². The third-order valence-corrected chi connectivity index (χ3v) is 2.70. The van der Waals surface area contributed by atoms with Crippen LogP contribution in [0.15, 0.2) is 0 Å². The Balaban J connectivity index is 4.04. The van der Waals surface area contributed by atoms with Gasteiger partial charge in [-0.25, -0.2) is 0 Å². The van der Waals surface area contributed by atoms with E-state index in [0.717, 1.165) is 25.9 Å². The Morgan fingerprint density at radius 2 is 1.53 bits per heavy atom. The molecule has 0 aromatic heterocycles. The molecular formula is C14H29NO2. The molecule has 0 aliphatic heterocycles. The van der Waals surface area contributed by atoms with E-state index >= 15 is 0 Å². The SMILES string of the molecule is CCOC(=O)CN(CCC(C)C)CCC(C)C. The van der Waals surface area contributed by atoms with Crippen LogP contribution in [-0.4, -0.2) is 37.1 Å².